The number of hydrogen-bond acceptors (Lipinski definition) is 6. The van der Waals surface area contributed by atoms with Gasteiger partial charge >= 0.3 is 0 Å². The summed E-state index contributed by atoms with van der Waals surface area (Å²) in [6, 6.07) is 18.2. The first-order valence-corrected chi connectivity index (χ1v) is 10.3. The number of aryl methyl sites for hydroxylation is 1. The van der Waals surface area contributed by atoms with Crippen LogP contribution in [0.15, 0.2) is 75.9 Å². The van der Waals surface area contributed by atoms with E-state index < -0.39 is 17.9 Å². The van der Waals surface area contributed by atoms with Crippen LogP contribution in [0.4, 0.5) is 5.82 Å². The summed E-state index contributed by atoms with van der Waals surface area (Å²) in [6.07, 6.45) is 0. The molecule has 0 fully saturated rings. The number of para-hydroxylation sites is 1. The van der Waals surface area contributed by atoms with Gasteiger partial charge in [0, 0.05) is 5.69 Å². The second kappa shape index (κ2) is 7.90. The lowest BCUT2D eigenvalue weighted by Crippen LogP contribution is -2.30. The Labute approximate surface area is 188 Å². The molecule has 0 bridgehead atoms. The zero-order chi connectivity index (χ0) is 23.1. The molecule has 5 rings (SSSR count). The molecule has 2 N–H and O–H groups in total. The van der Waals surface area contributed by atoms with Crippen molar-refractivity contribution in [3.05, 3.63) is 99.5 Å². The standard InChI is InChI=1S/C25H19N3O5/c1-14-5-4-8-20(27-14)28-22(15-9-11-16(12-10-15)32-13-19(26)29)21-23(30)17-6-2-3-7-18(17)33-24(21)25(28)31/h2-12,22H,13H2,1H3,(H2,26,29)/t22-/m1/s1. The molecule has 1 aliphatic rings. The van der Waals surface area contributed by atoms with Crippen LogP contribution in [0, 0.1) is 6.92 Å². The number of nitrogens with zero attached hydrogens (tertiary/aromatic N) is 2. The van der Waals surface area contributed by atoms with Crippen molar-refractivity contribution in [1.82, 2.24) is 4.98 Å². The van der Waals surface area contributed by atoms with Crippen LogP contribution in [0.3, 0.4) is 0 Å². The Kier molecular flexibility index (Phi) is 4.90. The molecule has 3 heterocycles. The maximum Gasteiger partial charge on any atom is 0.296 e. The largest absolute Gasteiger partial charge is 0.484 e. The zero-order valence-electron chi connectivity index (χ0n) is 17.6. The molecule has 33 heavy (non-hydrogen) atoms. The molecular formula is C25H19N3O5. The second-order valence-corrected chi connectivity index (χ2v) is 7.71. The predicted octanol–water partition coefficient (Wildman–Crippen LogP) is 3.11. The molecule has 8 nitrogen and oxygen atoms in total. The summed E-state index contributed by atoms with van der Waals surface area (Å²) in [5.74, 6) is -0.177. The fraction of sp³-hybridized carbons (Fsp3) is 0.120. The summed E-state index contributed by atoms with van der Waals surface area (Å²) in [6.45, 7) is 1.58. The smallest absolute Gasteiger partial charge is 0.296 e. The molecule has 1 atom stereocenters. The minimum atomic E-state index is -0.743. The average molecular weight is 441 g/mol. The van der Waals surface area contributed by atoms with Crippen molar-refractivity contribution in [1.29, 1.82) is 0 Å². The molecule has 2 aromatic carbocycles. The molecule has 1 aliphatic heterocycles. The Bertz CT molecular complexity index is 1460. The van der Waals surface area contributed by atoms with Gasteiger partial charge in [-0.25, -0.2) is 4.98 Å². The van der Waals surface area contributed by atoms with E-state index in [1.165, 1.54) is 4.90 Å². The van der Waals surface area contributed by atoms with E-state index in [1.807, 2.05) is 13.0 Å². The van der Waals surface area contributed by atoms with Gasteiger partial charge < -0.3 is 14.9 Å². The number of ether oxygens (including phenoxy) is 1. The van der Waals surface area contributed by atoms with E-state index in [2.05, 4.69) is 4.98 Å². The topological polar surface area (TPSA) is 116 Å². The molecule has 4 aromatic rings. The highest BCUT2D eigenvalue weighted by Gasteiger charge is 2.44. The fourth-order valence-electron chi connectivity index (χ4n) is 4.04. The third-order valence-corrected chi connectivity index (χ3v) is 5.48. The van der Waals surface area contributed by atoms with Crippen LogP contribution in [0.1, 0.15) is 33.4 Å². The average Bonchev–Trinajstić information content (AvgIpc) is 3.11. The minimum Gasteiger partial charge on any atom is -0.484 e. The quantitative estimate of drug-likeness (QED) is 0.509. The van der Waals surface area contributed by atoms with Gasteiger partial charge in [0.1, 0.15) is 17.2 Å². The number of carbonyl (C=O) groups is 2. The van der Waals surface area contributed by atoms with Crippen LogP contribution in [0.2, 0.25) is 0 Å². The molecule has 0 saturated carbocycles. The number of benzene rings is 2. The number of aromatic nitrogens is 1. The molecule has 0 aliphatic carbocycles. The summed E-state index contributed by atoms with van der Waals surface area (Å²) >= 11 is 0. The van der Waals surface area contributed by atoms with Crippen molar-refractivity contribution in [2.75, 3.05) is 11.5 Å². The second-order valence-electron chi connectivity index (χ2n) is 7.71. The molecule has 0 radical (unpaired) electrons. The number of nitrogens with two attached hydrogens (primary N) is 1. The molecule has 0 saturated heterocycles. The summed E-state index contributed by atoms with van der Waals surface area (Å²) in [7, 11) is 0. The van der Waals surface area contributed by atoms with Gasteiger partial charge in [-0.3, -0.25) is 19.3 Å². The first-order chi connectivity index (χ1) is 15.9. The number of carbonyl (C=O) groups excluding carboxylic acids is 2. The van der Waals surface area contributed by atoms with Gasteiger partial charge in [0.05, 0.1) is 17.0 Å². The van der Waals surface area contributed by atoms with Crippen molar-refractivity contribution < 1.29 is 18.7 Å². The van der Waals surface area contributed by atoms with Gasteiger partial charge in [-0.2, -0.15) is 0 Å². The van der Waals surface area contributed by atoms with E-state index >= 15 is 0 Å². The molecule has 164 valence electrons. The van der Waals surface area contributed by atoms with Crippen molar-refractivity contribution in [3.63, 3.8) is 0 Å². The highest BCUT2D eigenvalue weighted by atomic mass is 16.5. The Morgan fingerprint density at radius 3 is 2.55 bits per heavy atom. The van der Waals surface area contributed by atoms with E-state index in [1.54, 1.807) is 60.7 Å². The van der Waals surface area contributed by atoms with E-state index in [4.69, 9.17) is 14.9 Å². The van der Waals surface area contributed by atoms with Gasteiger partial charge in [-0.15, -0.1) is 0 Å². The van der Waals surface area contributed by atoms with E-state index in [0.29, 0.717) is 28.1 Å². The number of hydrogen-bond donors (Lipinski definition) is 1. The number of fused-ring (bicyclic) bond motifs is 2. The molecule has 0 spiro atoms. The van der Waals surface area contributed by atoms with Gasteiger partial charge in [0.15, 0.2) is 12.0 Å². The lowest BCUT2D eigenvalue weighted by atomic mass is 9.98. The summed E-state index contributed by atoms with van der Waals surface area (Å²) in [5.41, 5.74) is 6.87. The molecule has 0 unspecified atom stereocenters. The summed E-state index contributed by atoms with van der Waals surface area (Å²) in [4.78, 5) is 44.0. The molecule has 2 aromatic heterocycles. The van der Waals surface area contributed by atoms with E-state index in [-0.39, 0.29) is 23.4 Å². The van der Waals surface area contributed by atoms with Crippen LogP contribution in [-0.4, -0.2) is 23.4 Å². The predicted molar refractivity (Wildman–Crippen MR) is 121 cm³/mol. The highest BCUT2D eigenvalue weighted by Crippen LogP contribution is 2.40. The Balaban J connectivity index is 1.69. The monoisotopic (exact) mass is 441 g/mol. The van der Waals surface area contributed by atoms with Crippen LogP contribution >= 0.6 is 0 Å². The van der Waals surface area contributed by atoms with Crippen molar-refractivity contribution in [2.45, 2.75) is 13.0 Å². The maximum atomic E-state index is 13.5. The fourth-order valence-corrected chi connectivity index (χ4v) is 4.04. The number of rotatable bonds is 5. The van der Waals surface area contributed by atoms with Gasteiger partial charge in [-0.05, 0) is 48.9 Å². The van der Waals surface area contributed by atoms with Crippen LogP contribution in [0.5, 0.6) is 5.75 Å². The van der Waals surface area contributed by atoms with Gasteiger partial charge in [0.2, 0.25) is 5.76 Å². The first kappa shape index (κ1) is 20.4. The Morgan fingerprint density at radius 2 is 1.82 bits per heavy atom. The summed E-state index contributed by atoms with van der Waals surface area (Å²) in [5, 5.41) is 0.398. The first-order valence-electron chi connectivity index (χ1n) is 10.3. The SMILES string of the molecule is Cc1cccc(N2C(=O)c3oc4ccccc4c(=O)c3[C@H]2c2ccc(OCC(N)=O)cc2)n1. The lowest BCUT2D eigenvalue weighted by molar-refractivity contribution is -0.119. The van der Waals surface area contributed by atoms with Gasteiger partial charge in [0.25, 0.3) is 11.8 Å². The highest BCUT2D eigenvalue weighted by molar-refractivity contribution is 6.10. The van der Waals surface area contributed by atoms with Crippen LogP contribution in [0.25, 0.3) is 11.0 Å². The normalized spacial score (nSPS) is 15.0. The van der Waals surface area contributed by atoms with Crippen LogP contribution in [-0.2, 0) is 4.79 Å². The Hall–Kier alpha value is -4.46. The number of primary amides is 1. The lowest BCUT2D eigenvalue weighted by Gasteiger charge is -2.24. The molecular weight excluding hydrogens is 422 g/mol. The third kappa shape index (κ3) is 3.51. The third-order valence-electron chi connectivity index (χ3n) is 5.48. The minimum absolute atomic E-state index is 0.000982. The number of anilines is 1. The van der Waals surface area contributed by atoms with Crippen LogP contribution < -0.4 is 20.8 Å². The van der Waals surface area contributed by atoms with Gasteiger partial charge in [-0.1, -0.05) is 30.3 Å². The van der Waals surface area contributed by atoms with Crippen molar-refractivity contribution in [2.24, 2.45) is 5.73 Å². The maximum absolute atomic E-state index is 13.5. The molecule has 8 heteroatoms. The molecule has 2 amide bonds. The number of amides is 2. The van der Waals surface area contributed by atoms with E-state index in [9.17, 15) is 14.4 Å². The Morgan fingerprint density at radius 1 is 1.06 bits per heavy atom. The van der Waals surface area contributed by atoms with Crippen molar-refractivity contribution in [3.8, 4) is 5.75 Å². The zero-order valence-corrected chi connectivity index (χ0v) is 17.6. The van der Waals surface area contributed by atoms with Crippen molar-refractivity contribution >= 4 is 28.6 Å². The number of pyridine rings is 1. The van der Waals surface area contributed by atoms with E-state index in [0.717, 1.165) is 5.69 Å². The summed E-state index contributed by atoms with van der Waals surface area (Å²) < 4.78 is 11.3.